The van der Waals surface area contributed by atoms with Crippen molar-refractivity contribution in [1.29, 1.82) is 0 Å². The van der Waals surface area contributed by atoms with E-state index in [1.54, 1.807) is 7.11 Å². The molecule has 0 spiro atoms. The van der Waals surface area contributed by atoms with Gasteiger partial charge in [-0.2, -0.15) is 0 Å². The summed E-state index contributed by atoms with van der Waals surface area (Å²) < 4.78 is 16.5. The third-order valence-electron chi connectivity index (χ3n) is 3.52. The van der Waals surface area contributed by atoms with Crippen molar-refractivity contribution in [2.75, 3.05) is 33.5 Å². The first-order valence-electron chi connectivity index (χ1n) is 8.16. The van der Waals surface area contributed by atoms with Crippen molar-refractivity contribution < 1.29 is 19.3 Å². The van der Waals surface area contributed by atoms with E-state index in [-0.39, 0.29) is 19.0 Å². The minimum absolute atomic E-state index is 0. The molecule has 7 heteroatoms. The summed E-state index contributed by atoms with van der Waals surface area (Å²) in [6, 6.07) is 13.4. The van der Waals surface area contributed by atoms with Crippen LogP contribution in [0.4, 0.5) is 0 Å². The van der Waals surface area contributed by atoms with Crippen LogP contribution in [-0.2, 0) is 17.9 Å². The van der Waals surface area contributed by atoms with Crippen LogP contribution in [0.25, 0.3) is 0 Å². The summed E-state index contributed by atoms with van der Waals surface area (Å²) in [4.78, 5) is 0. The maximum absolute atomic E-state index is 8.64. The number of nitrogens with one attached hydrogen (secondary N) is 1. The van der Waals surface area contributed by atoms with Gasteiger partial charge in [0.25, 0.3) is 0 Å². The Morgan fingerprint density at radius 3 is 2.42 bits per heavy atom. The molecule has 2 aromatic carbocycles. The molecule has 0 bridgehead atoms. The fourth-order valence-corrected chi connectivity index (χ4v) is 2.35. The van der Waals surface area contributed by atoms with E-state index >= 15 is 0 Å². The van der Waals surface area contributed by atoms with Crippen LogP contribution in [0.5, 0.6) is 11.5 Å². The Labute approximate surface area is 165 Å². The van der Waals surface area contributed by atoms with Gasteiger partial charge in [-0.3, -0.25) is 0 Å². The molecule has 0 atom stereocenters. The topological polar surface area (TPSA) is 60.0 Å². The summed E-state index contributed by atoms with van der Waals surface area (Å²) in [5, 5.41) is 12.6. The molecule has 0 radical (unpaired) electrons. The fourth-order valence-electron chi connectivity index (χ4n) is 2.23. The molecule has 0 amide bonds. The zero-order valence-corrected chi connectivity index (χ0v) is 16.3. The molecule has 0 saturated carbocycles. The van der Waals surface area contributed by atoms with E-state index in [4.69, 9.17) is 30.9 Å². The largest absolute Gasteiger partial charge is 0.493 e. The standard InChI is InChI=1S/C19H24ClNO4.ClH/c1-23-19-12-16(13-21-8-10-24-11-9-22)4-7-18(19)25-14-15-2-5-17(20)6-3-15;/h2-7,12,21-22H,8-11,13-14H2,1H3;1H. The van der Waals surface area contributed by atoms with Crippen LogP contribution in [0.2, 0.25) is 5.02 Å². The Morgan fingerprint density at radius 2 is 1.73 bits per heavy atom. The van der Waals surface area contributed by atoms with Crippen molar-refractivity contribution in [2.24, 2.45) is 0 Å². The van der Waals surface area contributed by atoms with Gasteiger partial charge in [0.1, 0.15) is 6.61 Å². The Bertz CT molecular complexity index is 638. The second-order valence-corrected chi connectivity index (χ2v) is 5.85. The maximum Gasteiger partial charge on any atom is 0.161 e. The van der Waals surface area contributed by atoms with Crippen LogP contribution in [0.3, 0.4) is 0 Å². The average molecular weight is 402 g/mol. The minimum Gasteiger partial charge on any atom is -0.493 e. The van der Waals surface area contributed by atoms with Crippen LogP contribution in [0.1, 0.15) is 11.1 Å². The Kier molecular flexibility index (Phi) is 11.1. The normalized spacial score (nSPS) is 10.3. The first-order chi connectivity index (χ1) is 12.2. The van der Waals surface area contributed by atoms with Gasteiger partial charge >= 0.3 is 0 Å². The summed E-state index contributed by atoms with van der Waals surface area (Å²) in [5.74, 6) is 1.40. The molecule has 144 valence electrons. The van der Waals surface area contributed by atoms with Crippen molar-refractivity contribution in [1.82, 2.24) is 5.32 Å². The molecule has 0 aliphatic heterocycles. The highest BCUT2D eigenvalue weighted by Gasteiger charge is 2.06. The second-order valence-electron chi connectivity index (χ2n) is 5.41. The van der Waals surface area contributed by atoms with Crippen molar-refractivity contribution in [3.05, 3.63) is 58.6 Å². The van der Waals surface area contributed by atoms with Gasteiger partial charge in [-0.25, -0.2) is 0 Å². The van der Waals surface area contributed by atoms with Crippen molar-refractivity contribution in [3.8, 4) is 11.5 Å². The Morgan fingerprint density at radius 1 is 1.00 bits per heavy atom. The quantitative estimate of drug-likeness (QED) is 0.564. The highest BCUT2D eigenvalue weighted by atomic mass is 35.5. The number of hydrogen-bond acceptors (Lipinski definition) is 5. The molecule has 0 aliphatic carbocycles. The van der Waals surface area contributed by atoms with E-state index in [0.29, 0.717) is 42.9 Å². The summed E-state index contributed by atoms with van der Waals surface area (Å²) in [5.41, 5.74) is 2.14. The summed E-state index contributed by atoms with van der Waals surface area (Å²) in [6.45, 7) is 2.87. The zero-order valence-electron chi connectivity index (χ0n) is 14.7. The minimum atomic E-state index is 0. The molecule has 0 saturated heterocycles. The van der Waals surface area contributed by atoms with Gasteiger partial charge in [0.15, 0.2) is 11.5 Å². The van der Waals surface area contributed by atoms with Crippen LogP contribution in [-0.4, -0.2) is 38.6 Å². The van der Waals surface area contributed by atoms with Gasteiger partial charge in [0.2, 0.25) is 0 Å². The predicted octanol–water partition coefficient (Wildman–Crippen LogP) is 3.45. The summed E-state index contributed by atoms with van der Waals surface area (Å²) in [7, 11) is 1.63. The molecular weight excluding hydrogens is 377 g/mol. The third kappa shape index (κ3) is 7.81. The molecule has 2 N–H and O–H groups in total. The van der Waals surface area contributed by atoms with E-state index in [0.717, 1.165) is 17.7 Å². The summed E-state index contributed by atoms with van der Waals surface area (Å²) in [6.07, 6.45) is 0. The maximum atomic E-state index is 8.64. The highest BCUT2D eigenvalue weighted by Crippen LogP contribution is 2.29. The smallest absolute Gasteiger partial charge is 0.161 e. The molecule has 0 fully saturated rings. The first-order valence-corrected chi connectivity index (χ1v) is 8.54. The monoisotopic (exact) mass is 401 g/mol. The van der Waals surface area contributed by atoms with Gasteiger partial charge in [-0.05, 0) is 35.4 Å². The van der Waals surface area contributed by atoms with E-state index in [1.165, 1.54) is 0 Å². The van der Waals surface area contributed by atoms with Crippen molar-refractivity contribution >= 4 is 24.0 Å². The van der Waals surface area contributed by atoms with Crippen LogP contribution in [0.15, 0.2) is 42.5 Å². The lowest BCUT2D eigenvalue weighted by Gasteiger charge is -2.13. The number of aliphatic hydroxyl groups is 1. The Balaban J connectivity index is 0.00000338. The number of benzene rings is 2. The molecule has 0 aromatic heterocycles. The molecular formula is C19H25Cl2NO4. The van der Waals surface area contributed by atoms with E-state index < -0.39 is 0 Å². The number of methoxy groups -OCH3 is 1. The lowest BCUT2D eigenvalue weighted by molar-refractivity contribution is 0.0938. The average Bonchev–Trinajstić information content (AvgIpc) is 2.64. The summed E-state index contributed by atoms with van der Waals surface area (Å²) >= 11 is 5.89. The number of halogens is 2. The van der Waals surface area contributed by atoms with Gasteiger partial charge in [-0.15, -0.1) is 12.4 Å². The third-order valence-corrected chi connectivity index (χ3v) is 3.78. The van der Waals surface area contributed by atoms with Gasteiger partial charge in [0, 0.05) is 18.1 Å². The van der Waals surface area contributed by atoms with Crippen molar-refractivity contribution in [3.63, 3.8) is 0 Å². The number of ether oxygens (including phenoxy) is 3. The zero-order chi connectivity index (χ0) is 17.9. The Hall–Kier alpha value is -1.50. The van der Waals surface area contributed by atoms with E-state index in [9.17, 15) is 0 Å². The SMILES string of the molecule is COc1cc(CNCCOCCO)ccc1OCc1ccc(Cl)cc1.Cl. The van der Waals surface area contributed by atoms with Crippen molar-refractivity contribution in [2.45, 2.75) is 13.2 Å². The molecule has 26 heavy (non-hydrogen) atoms. The molecule has 0 heterocycles. The molecule has 2 rings (SSSR count). The van der Waals surface area contributed by atoms with E-state index in [1.807, 2.05) is 42.5 Å². The number of hydrogen-bond donors (Lipinski definition) is 2. The highest BCUT2D eigenvalue weighted by molar-refractivity contribution is 6.30. The molecule has 0 unspecified atom stereocenters. The number of aliphatic hydroxyl groups excluding tert-OH is 1. The van der Waals surface area contributed by atoms with Gasteiger partial charge < -0.3 is 24.6 Å². The number of rotatable bonds is 11. The van der Waals surface area contributed by atoms with Gasteiger partial charge in [0.05, 0.1) is 26.9 Å². The molecule has 5 nitrogen and oxygen atoms in total. The predicted molar refractivity (Wildman–Crippen MR) is 106 cm³/mol. The fraction of sp³-hybridized carbons (Fsp3) is 0.368. The second kappa shape index (κ2) is 12.8. The van der Waals surface area contributed by atoms with Crippen LogP contribution < -0.4 is 14.8 Å². The lowest BCUT2D eigenvalue weighted by Crippen LogP contribution is -2.20. The van der Waals surface area contributed by atoms with E-state index in [2.05, 4.69) is 5.32 Å². The molecule has 0 aliphatic rings. The van der Waals surface area contributed by atoms with Crippen LogP contribution >= 0.6 is 24.0 Å². The van der Waals surface area contributed by atoms with Crippen LogP contribution in [0, 0.1) is 0 Å². The lowest BCUT2D eigenvalue weighted by atomic mass is 10.2. The molecule has 2 aromatic rings. The van der Waals surface area contributed by atoms with Gasteiger partial charge in [-0.1, -0.05) is 29.8 Å². The first kappa shape index (κ1) is 22.5.